The molecular formula is C9H12IN3O5. The van der Waals surface area contributed by atoms with Gasteiger partial charge in [0.25, 0.3) is 0 Å². The fraction of sp³-hybridized carbons (Fsp3) is 0.556. The largest absolute Gasteiger partial charge is 0.394 e. The summed E-state index contributed by atoms with van der Waals surface area (Å²) in [7, 11) is 0. The molecule has 0 aromatic carbocycles. The van der Waals surface area contributed by atoms with Gasteiger partial charge in [-0.3, -0.25) is 4.57 Å². The number of anilines is 1. The average Bonchev–Trinajstić information content (AvgIpc) is 2.54. The van der Waals surface area contributed by atoms with E-state index in [1.807, 2.05) is 0 Å². The Morgan fingerprint density at radius 2 is 2.28 bits per heavy atom. The third kappa shape index (κ3) is 2.01. The number of aliphatic hydroxyl groups is 3. The molecule has 1 aromatic rings. The molecule has 2 heterocycles. The van der Waals surface area contributed by atoms with Gasteiger partial charge in [-0.1, -0.05) is 0 Å². The highest BCUT2D eigenvalue weighted by atomic mass is 127. The minimum Gasteiger partial charge on any atom is -0.394 e. The number of alkyl halides is 1. The molecule has 8 nitrogen and oxygen atoms in total. The Kier molecular flexibility index (Phi) is 3.60. The van der Waals surface area contributed by atoms with E-state index in [4.69, 9.17) is 15.6 Å². The Hall–Kier alpha value is -0.750. The highest BCUT2D eigenvalue weighted by Crippen LogP contribution is 2.40. The first kappa shape index (κ1) is 13.7. The molecule has 4 atom stereocenters. The first-order valence-electron chi connectivity index (χ1n) is 5.09. The van der Waals surface area contributed by atoms with Crippen molar-refractivity contribution in [2.75, 3.05) is 12.3 Å². The molecule has 0 saturated carbocycles. The van der Waals surface area contributed by atoms with Crippen molar-refractivity contribution >= 4 is 28.4 Å². The third-order valence-electron chi connectivity index (χ3n) is 2.72. The number of nitrogens with zero attached hydrogens (tertiary/aromatic N) is 2. The lowest BCUT2D eigenvalue weighted by Gasteiger charge is -2.27. The maximum absolute atomic E-state index is 11.7. The highest BCUT2D eigenvalue weighted by molar-refractivity contribution is 14.1. The molecule has 0 bridgehead atoms. The van der Waals surface area contributed by atoms with Gasteiger partial charge in [-0.2, -0.15) is 4.98 Å². The van der Waals surface area contributed by atoms with Gasteiger partial charge in [-0.05, 0) is 28.7 Å². The van der Waals surface area contributed by atoms with Crippen molar-refractivity contribution in [3.05, 3.63) is 22.7 Å². The van der Waals surface area contributed by atoms with Gasteiger partial charge in [0.1, 0.15) is 24.1 Å². The summed E-state index contributed by atoms with van der Waals surface area (Å²) >= 11 is 1.69. The molecule has 1 aliphatic heterocycles. The smallest absolute Gasteiger partial charge is 0.352 e. The van der Waals surface area contributed by atoms with Crippen molar-refractivity contribution < 1.29 is 20.1 Å². The molecule has 0 radical (unpaired) electrons. The Balaban J connectivity index is 2.46. The summed E-state index contributed by atoms with van der Waals surface area (Å²) in [5.74, 6) is 0.0444. The topological polar surface area (TPSA) is 131 Å². The second kappa shape index (κ2) is 4.74. The summed E-state index contributed by atoms with van der Waals surface area (Å²) in [5, 5.41) is 28.7. The van der Waals surface area contributed by atoms with Crippen molar-refractivity contribution in [3.63, 3.8) is 0 Å². The minimum absolute atomic E-state index is 0.0444. The molecule has 1 aliphatic rings. The van der Waals surface area contributed by atoms with Gasteiger partial charge in [-0.25, -0.2) is 4.79 Å². The minimum atomic E-state index is -1.53. The molecule has 5 N–H and O–H groups in total. The van der Waals surface area contributed by atoms with E-state index in [0.717, 1.165) is 4.57 Å². The standard InChI is InChI=1S/C9H12IN3O5/c10-9(7(16)6(15)4(3-14)18-9)13-2-1-5(11)12-8(13)17/h1-2,4,6-7,14-16H,3H2,(H2,11,12,17)/t4-,6-,7-,9+/m1/s1. The summed E-state index contributed by atoms with van der Waals surface area (Å²) in [5.41, 5.74) is 4.65. The molecule has 1 aromatic heterocycles. The monoisotopic (exact) mass is 369 g/mol. The van der Waals surface area contributed by atoms with E-state index in [-0.39, 0.29) is 5.82 Å². The second-order valence-electron chi connectivity index (χ2n) is 3.89. The molecule has 2 rings (SSSR count). The number of aliphatic hydroxyl groups excluding tert-OH is 3. The number of hydrogen-bond donors (Lipinski definition) is 4. The SMILES string of the molecule is Nc1ccn([C@]2(I)O[C@H](CO)[C@@H](O)[C@H]2O)c(=O)n1. The Morgan fingerprint density at radius 3 is 2.78 bits per heavy atom. The molecule has 18 heavy (non-hydrogen) atoms. The van der Waals surface area contributed by atoms with Gasteiger partial charge in [0.2, 0.25) is 3.73 Å². The zero-order valence-corrected chi connectivity index (χ0v) is 11.3. The van der Waals surface area contributed by atoms with E-state index in [1.165, 1.54) is 12.3 Å². The molecule has 0 unspecified atom stereocenters. The lowest BCUT2D eigenvalue weighted by Crippen LogP contribution is -2.46. The van der Waals surface area contributed by atoms with Crippen molar-refractivity contribution in [2.45, 2.75) is 22.0 Å². The van der Waals surface area contributed by atoms with E-state index < -0.39 is 34.3 Å². The number of hydrogen-bond acceptors (Lipinski definition) is 7. The number of ether oxygens (including phenoxy) is 1. The van der Waals surface area contributed by atoms with Crippen LogP contribution in [0.15, 0.2) is 17.1 Å². The van der Waals surface area contributed by atoms with Gasteiger partial charge in [0.05, 0.1) is 6.61 Å². The summed E-state index contributed by atoms with van der Waals surface area (Å²) in [6.07, 6.45) is -2.33. The molecule has 1 fully saturated rings. The van der Waals surface area contributed by atoms with Crippen molar-refractivity contribution in [1.82, 2.24) is 9.55 Å². The van der Waals surface area contributed by atoms with E-state index in [9.17, 15) is 15.0 Å². The molecule has 0 spiro atoms. The maximum atomic E-state index is 11.7. The fourth-order valence-electron chi connectivity index (χ4n) is 1.76. The van der Waals surface area contributed by atoms with Crippen molar-refractivity contribution in [1.29, 1.82) is 0 Å². The summed E-state index contributed by atoms with van der Waals surface area (Å²) in [4.78, 5) is 15.2. The van der Waals surface area contributed by atoms with Gasteiger partial charge in [-0.15, -0.1) is 0 Å². The molecule has 1 saturated heterocycles. The number of halogens is 1. The highest BCUT2D eigenvalue weighted by Gasteiger charge is 2.54. The van der Waals surface area contributed by atoms with Gasteiger partial charge >= 0.3 is 5.69 Å². The summed E-state index contributed by atoms with van der Waals surface area (Å²) < 4.78 is 4.84. The van der Waals surface area contributed by atoms with E-state index in [1.54, 1.807) is 22.6 Å². The fourth-order valence-corrected chi connectivity index (χ4v) is 2.82. The molecule has 0 aliphatic carbocycles. The Labute approximate surface area is 115 Å². The lowest BCUT2D eigenvalue weighted by molar-refractivity contribution is -0.0688. The van der Waals surface area contributed by atoms with Crippen LogP contribution in [0.1, 0.15) is 0 Å². The van der Waals surface area contributed by atoms with E-state index in [2.05, 4.69) is 4.98 Å². The maximum Gasteiger partial charge on any atom is 0.352 e. The molecule has 9 heteroatoms. The summed E-state index contributed by atoms with van der Waals surface area (Å²) in [6, 6.07) is 1.37. The first-order chi connectivity index (χ1) is 8.40. The first-order valence-corrected chi connectivity index (χ1v) is 6.17. The molecule has 100 valence electrons. The van der Waals surface area contributed by atoms with Crippen LogP contribution in [0.3, 0.4) is 0 Å². The molecular weight excluding hydrogens is 357 g/mol. The predicted octanol–water partition coefficient (Wildman–Crippen LogP) is -2.02. The molecule has 0 amide bonds. The quantitative estimate of drug-likeness (QED) is 0.350. The lowest BCUT2D eigenvalue weighted by atomic mass is 10.1. The van der Waals surface area contributed by atoms with Gasteiger partial charge in [0.15, 0.2) is 0 Å². The zero-order chi connectivity index (χ0) is 13.5. The van der Waals surface area contributed by atoms with Crippen LogP contribution in [0.5, 0.6) is 0 Å². The second-order valence-corrected chi connectivity index (χ2v) is 5.43. The van der Waals surface area contributed by atoms with Crippen LogP contribution in [0, 0.1) is 0 Å². The van der Waals surface area contributed by atoms with Crippen molar-refractivity contribution in [2.24, 2.45) is 0 Å². The predicted molar refractivity (Wildman–Crippen MR) is 68.9 cm³/mol. The number of nitrogen functional groups attached to an aromatic ring is 1. The third-order valence-corrected chi connectivity index (χ3v) is 4.13. The number of rotatable bonds is 2. The normalized spacial score (nSPS) is 35.9. The number of nitrogens with two attached hydrogens (primary N) is 1. The van der Waals surface area contributed by atoms with Crippen LogP contribution in [0.25, 0.3) is 0 Å². The Morgan fingerprint density at radius 1 is 1.61 bits per heavy atom. The van der Waals surface area contributed by atoms with E-state index in [0.29, 0.717) is 0 Å². The summed E-state index contributed by atoms with van der Waals surface area (Å²) in [6.45, 7) is -0.472. The van der Waals surface area contributed by atoms with Crippen LogP contribution in [-0.4, -0.2) is 49.8 Å². The van der Waals surface area contributed by atoms with Crippen LogP contribution in [0.4, 0.5) is 5.82 Å². The van der Waals surface area contributed by atoms with Crippen molar-refractivity contribution in [3.8, 4) is 0 Å². The van der Waals surface area contributed by atoms with Crippen LogP contribution in [0.2, 0.25) is 0 Å². The van der Waals surface area contributed by atoms with Crippen LogP contribution >= 0.6 is 22.6 Å². The zero-order valence-electron chi connectivity index (χ0n) is 9.10. The van der Waals surface area contributed by atoms with Gasteiger partial charge < -0.3 is 25.8 Å². The van der Waals surface area contributed by atoms with Gasteiger partial charge in [0, 0.05) is 6.20 Å². The van der Waals surface area contributed by atoms with Crippen LogP contribution < -0.4 is 11.4 Å². The number of aromatic nitrogens is 2. The van der Waals surface area contributed by atoms with E-state index >= 15 is 0 Å². The average molecular weight is 369 g/mol. The van der Waals surface area contributed by atoms with Crippen LogP contribution in [-0.2, 0) is 8.47 Å². The Bertz CT molecular complexity index is 509.